The van der Waals surface area contributed by atoms with Gasteiger partial charge in [0.2, 0.25) is 0 Å². The molecular weight excluding hydrogens is 1050 g/mol. The predicted octanol–water partition coefficient (Wildman–Crippen LogP) is 12.4. The molecule has 8 heterocycles. The Morgan fingerprint density at radius 1 is 0.360 bits per heavy atom. The maximum absolute atomic E-state index is 12.9. The lowest BCUT2D eigenvalue weighted by Crippen LogP contribution is -2.36. The number of aryl methyl sites for hydroxylation is 2. The van der Waals surface area contributed by atoms with E-state index in [0.29, 0.717) is 53.9 Å². The summed E-state index contributed by atoms with van der Waals surface area (Å²) in [6.45, 7) is 6.28. The molecule has 0 saturated carbocycles. The van der Waals surface area contributed by atoms with E-state index < -0.39 is 0 Å². The average Bonchev–Trinajstić information content (AvgIpc) is 1.41. The summed E-state index contributed by atoms with van der Waals surface area (Å²) in [6, 6.07) is 71.3. The summed E-state index contributed by atoms with van der Waals surface area (Å²) in [5, 5.41) is 23.9. The summed E-state index contributed by atoms with van der Waals surface area (Å²) in [7, 11) is 0. The highest BCUT2D eigenvalue weighted by molar-refractivity contribution is 6.10. The number of fused-ring (bicyclic) bond motifs is 12. The van der Waals surface area contributed by atoms with Gasteiger partial charge in [0, 0.05) is 68.9 Å². The fraction of sp³-hybridized carbons (Fsp3) is 0.107. The molecule has 14 aromatic rings. The van der Waals surface area contributed by atoms with Gasteiger partial charge in [0.1, 0.15) is 6.07 Å². The van der Waals surface area contributed by atoms with E-state index in [4.69, 9.17) is 29.9 Å². The highest BCUT2D eigenvalue weighted by Gasteiger charge is 2.35. The van der Waals surface area contributed by atoms with Gasteiger partial charge in [0.25, 0.3) is 0 Å². The minimum absolute atomic E-state index is 0.400. The first-order valence-electron chi connectivity index (χ1n) is 29.6. The van der Waals surface area contributed by atoms with Crippen LogP contribution in [0.1, 0.15) is 36.0 Å². The first-order valence-corrected chi connectivity index (χ1v) is 29.6. The average molecular weight is 1110 g/mol. The maximum atomic E-state index is 12.9. The molecule has 3 aliphatic rings. The molecule has 408 valence electrons. The lowest BCUT2D eigenvalue weighted by Gasteiger charge is -2.28. The van der Waals surface area contributed by atoms with E-state index in [2.05, 4.69) is 190 Å². The van der Waals surface area contributed by atoms with Gasteiger partial charge >= 0.3 is 0 Å². The van der Waals surface area contributed by atoms with Crippen molar-refractivity contribution in [2.24, 2.45) is 15.0 Å². The van der Waals surface area contributed by atoms with E-state index in [-0.39, 0.29) is 0 Å². The van der Waals surface area contributed by atoms with Crippen molar-refractivity contribution >= 4 is 72.7 Å². The van der Waals surface area contributed by atoms with Gasteiger partial charge in [-0.05, 0) is 93.3 Å². The first-order chi connectivity index (χ1) is 42.5. The Morgan fingerprint density at radius 2 is 0.756 bits per heavy atom. The lowest BCUT2D eigenvalue weighted by atomic mass is 9.90. The zero-order valence-electron chi connectivity index (χ0n) is 47.4. The standard InChI is InChI=1S/C75H53N11/c1-45-31-37-60-54(42-45)55-43-46(2)32-38-61(55)83(60)50-35-33-47(34-36-50)65-56(44-76)70(84-57-25-12-9-22-51(57)67-62(84)28-15-39-77-67)66(75-81-73(48-18-5-3-6-19-48)80-74(82-75)49-20-7-4-8-21-49)72(86-59-27-14-11-24-53(59)69-64(86)30-17-41-79-69)71(65)85-58-26-13-10-23-52(58)68-63(85)29-16-40-78-68/h3-14,18-38,42-43H,15-17,39-41H2,1-2H3. The zero-order valence-corrected chi connectivity index (χ0v) is 47.4. The van der Waals surface area contributed by atoms with Crippen LogP contribution in [0.5, 0.6) is 0 Å². The van der Waals surface area contributed by atoms with Crippen LogP contribution in [0.3, 0.4) is 0 Å². The molecule has 0 atom stereocenters. The van der Waals surface area contributed by atoms with Crippen LogP contribution in [0.4, 0.5) is 0 Å². The Balaban J connectivity index is 1.13. The van der Waals surface area contributed by atoms with E-state index in [1.807, 2.05) is 60.7 Å². The quantitative estimate of drug-likeness (QED) is 0.150. The molecule has 0 spiro atoms. The van der Waals surface area contributed by atoms with Gasteiger partial charge in [-0.2, -0.15) is 5.26 Å². The van der Waals surface area contributed by atoms with Crippen molar-refractivity contribution in [1.82, 2.24) is 33.2 Å². The highest BCUT2D eigenvalue weighted by Crippen LogP contribution is 2.47. The van der Waals surface area contributed by atoms with Gasteiger partial charge < -0.3 is 18.3 Å². The number of para-hydroxylation sites is 3. The van der Waals surface area contributed by atoms with Crippen LogP contribution in [0.25, 0.3) is 141 Å². The number of aromatic nitrogens is 7. The fourth-order valence-corrected chi connectivity index (χ4v) is 13.8. The van der Waals surface area contributed by atoms with Crippen LogP contribution >= 0.6 is 0 Å². The Morgan fingerprint density at radius 3 is 1.21 bits per heavy atom. The Kier molecular flexibility index (Phi) is 11.2. The third kappa shape index (κ3) is 7.45. The van der Waals surface area contributed by atoms with Gasteiger partial charge in [-0.25, -0.2) is 15.0 Å². The second kappa shape index (κ2) is 19.5. The Labute approximate surface area is 493 Å². The molecule has 0 N–H and O–H groups in total. The molecule has 0 fully saturated rings. The number of hydrogen-bond donors (Lipinski definition) is 0. The van der Waals surface area contributed by atoms with Crippen LogP contribution < -0.4 is 32.1 Å². The summed E-state index contributed by atoms with van der Waals surface area (Å²) in [5.41, 5.74) is 15.0. The molecule has 0 saturated heterocycles. The van der Waals surface area contributed by atoms with Crippen LogP contribution in [0.15, 0.2) is 209 Å². The topological polar surface area (TPSA) is 119 Å². The van der Waals surface area contributed by atoms with Crippen LogP contribution in [0, 0.1) is 25.2 Å². The molecule has 17 rings (SSSR count). The summed E-state index contributed by atoms with van der Waals surface area (Å²) >= 11 is 0. The van der Waals surface area contributed by atoms with Gasteiger partial charge in [-0.15, -0.1) is 0 Å². The van der Waals surface area contributed by atoms with Crippen LogP contribution in [-0.4, -0.2) is 52.9 Å². The molecule has 0 aliphatic carbocycles. The van der Waals surface area contributed by atoms with Gasteiger partial charge in [0.15, 0.2) is 17.5 Å². The Bertz CT molecular complexity index is 5560. The minimum Gasteiger partial charge on any atom is -0.309 e. The second-order valence-corrected chi connectivity index (χ2v) is 22.6. The van der Waals surface area contributed by atoms with E-state index in [1.165, 1.54) is 21.9 Å². The molecule has 0 radical (unpaired) electrons. The molecule has 5 aromatic heterocycles. The number of nitrogens with zero attached hydrogens (tertiary/aromatic N) is 11. The van der Waals surface area contributed by atoms with Gasteiger partial charge in [0.05, 0.1) is 87.9 Å². The SMILES string of the molecule is Cc1ccc2c(c1)c1cc(C)ccc1n2-c1ccc(-c2c(C#N)c(-n3c4c(c5ccccc53)=NCCC=4)c(-c3nc(-c4ccccc4)nc(-c4ccccc4)n3)c(-n3c4c(c5ccccc53)=NCCC=4)c2-n2c3c(c4ccccc42)=NCCC=3)cc1. The van der Waals surface area contributed by atoms with Crippen molar-refractivity contribution in [3.63, 3.8) is 0 Å². The van der Waals surface area contributed by atoms with Crippen LogP contribution in [0.2, 0.25) is 0 Å². The third-order valence-corrected chi connectivity index (χ3v) is 17.5. The van der Waals surface area contributed by atoms with Crippen molar-refractivity contribution in [3.8, 4) is 74.1 Å². The lowest BCUT2D eigenvalue weighted by molar-refractivity contribution is 0.903. The fourth-order valence-electron chi connectivity index (χ4n) is 13.8. The summed E-state index contributed by atoms with van der Waals surface area (Å²) in [6.07, 6.45) is 9.13. The van der Waals surface area contributed by atoms with E-state index in [1.54, 1.807) is 0 Å². The largest absolute Gasteiger partial charge is 0.309 e. The predicted molar refractivity (Wildman–Crippen MR) is 345 cm³/mol. The zero-order chi connectivity index (χ0) is 57.1. The normalized spacial score (nSPS) is 13.5. The molecule has 0 bridgehead atoms. The van der Waals surface area contributed by atoms with E-state index in [9.17, 15) is 5.26 Å². The van der Waals surface area contributed by atoms with Crippen molar-refractivity contribution < 1.29 is 0 Å². The molecule has 86 heavy (non-hydrogen) atoms. The molecule has 11 heteroatoms. The number of rotatable bonds is 8. The highest BCUT2D eigenvalue weighted by atomic mass is 15.1. The first kappa shape index (κ1) is 49.5. The summed E-state index contributed by atoms with van der Waals surface area (Å²) < 4.78 is 9.46. The smallest absolute Gasteiger partial charge is 0.168 e. The molecule has 0 unspecified atom stereocenters. The van der Waals surface area contributed by atoms with Gasteiger partial charge in [-0.3, -0.25) is 15.0 Å². The van der Waals surface area contributed by atoms with E-state index >= 15 is 0 Å². The molecule has 9 aromatic carbocycles. The molecule has 3 aliphatic heterocycles. The van der Waals surface area contributed by atoms with Gasteiger partial charge in [-0.1, -0.05) is 169 Å². The third-order valence-electron chi connectivity index (χ3n) is 17.5. The Hall–Kier alpha value is -11.1. The molecule has 0 amide bonds. The van der Waals surface area contributed by atoms with Crippen molar-refractivity contribution in [1.29, 1.82) is 5.26 Å². The minimum atomic E-state index is 0.400. The number of nitriles is 1. The van der Waals surface area contributed by atoms with Crippen LogP contribution in [-0.2, 0) is 0 Å². The van der Waals surface area contributed by atoms with Crippen molar-refractivity contribution in [2.75, 3.05) is 19.6 Å². The van der Waals surface area contributed by atoms with Crippen molar-refractivity contribution in [3.05, 3.63) is 243 Å². The maximum Gasteiger partial charge on any atom is 0.168 e. The second-order valence-electron chi connectivity index (χ2n) is 22.6. The van der Waals surface area contributed by atoms with E-state index in [0.717, 1.165) is 134 Å². The van der Waals surface area contributed by atoms with Crippen molar-refractivity contribution in [2.45, 2.75) is 33.1 Å². The monoisotopic (exact) mass is 1110 g/mol. The molecule has 11 nitrogen and oxygen atoms in total. The number of benzene rings is 9. The molecular formula is C75H53N11. The summed E-state index contributed by atoms with van der Waals surface area (Å²) in [5.74, 6) is 1.40. The number of hydrogen-bond acceptors (Lipinski definition) is 7. The summed E-state index contributed by atoms with van der Waals surface area (Å²) in [4.78, 5) is 32.7.